The first-order chi connectivity index (χ1) is 5.75. The molecule has 0 aliphatic carbocycles. The quantitative estimate of drug-likeness (QED) is 0.773. The maximum atomic E-state index is 9.51. The molecular weight excluding hydrogens is 220 g/mol. The maximum absolute atomic E-state index is 9.51. The van der Waals surface area contributed by atoms with Crippen molar-refractivity contribution in [1.29, 1.82) is 0 Å². The van der Waals surface area contributed by atoms with Crippen molar-refractivity contribution < 1.29 is 10.2 Å². The molecule has 2 nitrogen and oxygen atoms in total. The fourth-order valence-electron chi connectivity index (χ4n) is 0.957. The molecule has 2 N–H and O–H groups in total. The van der Waals surface area contributed by atoms with E-state index < -0.39 is 12.2 Å². The molecule has 0 radical (unpaired) electrons. The van der Waals surface area contributed by atoms with E-state index in [9.17, 15) is 10.2 Å². The fraction of sp³-hybridized carbons (Fsp3) is 0.333. The number of benzene rings is 1. The molecule has 0 aliphatic heterocycles. The van der Waals surface area contributed by atoms with Gasteiger partial charge in [-0.25, -0.2) is 0 Å². The molecule has 3 heteroatoms. The summed E-state index contributed by atoms with van der Waals surface area (Å²) in [6, 6.07) is 9.11. The summed E-state index contributed by atoms with van der Waals surface area (Å²) in [5.41, 5.74) is 0.740. The lowest BCUT2D eigenvalue weighted by Crippen LogP contribution is -2.19. The number of alkyl halides is 1. The zero-order chi connectivity index (χ0) is 8.97. The van der Waals surface area contributed by atoms with Crippen LogP contribution >= 0.6 is 15.9 Å². The highest BCUT2D eigenvalue weighted by molar-refractivity contribution is 9.09. The highest BCUT2D eigenvalue weighted by atomic mass is 79.9. The molecular formula is C9H11BrO2. The Morgan fingerprint density at radius 3 is 2.25 bits per heavy atom. The highest BCUT2D eigenvalue weighted by Crippen LogP contribution is 2.17. The van der Waals surface area contributed by atoms with Crippen molar-refractivity contribution in [2.24, 2.45) is 0 Å². The zero-order valence-corrected chi connectivity index (χ0v) is 8.11. The van der Waals surface area contributed by atoms with E-state index in [0.29, 0.717) is 5.33 Å². The van der Waals surface area contributed by atoms with Crippen LogP contribution in [0.4, 0.5) is 0 Å². The SMILES string of the molecule is O[C@@H](CBr)[C@@H](O)c1ccccc1. The normalized spacial score (nSPS) is 15.6. The summed E-state index contributed by atoms with van der Waals surface area (Å²) in [5, 5.41) is 19.2. The second-order valence-electron chi connectivity index (χ2n) is 2.58. The second-order valence-corrected chi connectivity index (χ2v) is 3.22. The van der Waals surface area contributed by atoms with Gasteiger partial charge in [0.05, 0.1) is 6.10 Å². The number of aliphatic hydroxyl groups excluding tert-OH is 2. The Bertz CT molecular complexity index is 225. The molecule has 0 heterocycles. The van der Waals surface area contributed by atoms with Crippen LogP contribution in [-0.2, 0) is 0 Å². The predicted molar refractivity (Wildman–Crippen MR) is 51.2 cm³/mol. The third kappa shape index (κ3) is 2.30. The van der Waals surface area contributed by atoms with E-state index in [1.54, 1.807) is 12.1 Å². The molecule has 12 heavy (non-hydrogen) atoms. The molecule has 0 amide bonds. The van der Waals surface area contributed by atoms with Crippen LogP contribution in [0.2, 0.25) is 0 Å². The van der Waals surface area contributed by atoms with E-state index in [1.165, 1.54) is 0 Å². The van der Waals surface area contributed by atoms with Gasteiger partial charge in [0.25, 0.3) is 0 Å². The Labute approximate surface area is 80.0 Å². The van der Waals surface area contributed by atoms with Crippen molar-refractivity contribution in [2.75, 3.05) is 5.33 Å². The summed E-state index contributed by atoms with van der Waals surface area (Å²) in [7, 11) is 0. The van der Waals surface area contributed by atoms with Crippen LogP contribution in [-0.4, -0.2) is 21.6 Å². The number of hydrogen-bond donors (Lipinski definition) is 2. The molecule has 1 aromatic carbocycles. The van der Waals surface area contributed by atoms with Gasteiger partial charge in [-0.15, -0.1) is 0 Å². The van der Waals surface area contributed by atoms with Gasteiger partial charge in [-0.2, -0.15) is 0 Å². The van der Waals surface area contributed by atoms with Crippen LogP contribution in [0.3, 0.4) is 0 Å². The van der Waals surface area contributed by atoms with Gasteiger partial charge < -0.3 is 10.2 Å². The minimum absolute atomic E-state index is 0.378. The van der Waals surface area contributed by atoms with Crippen molar-refractivity contribution in [1.82, 2.24) is 0 Å². The lowest BCUT2D eigenvalue weighted by Gasteiger charge is -2.15. The molecule has 0 bridgehead atoms. The molecule has 1 aromatic rings. The van der Waals surface area contributed by atoms with Crippen LogP contribution in [0.15, 0.2) is 30.3 Å². The second kappa shape index (κ2) is 4.60. The van der Waals surface area contributed by atoms with Crippen LogP contribution in [0.1, 0.15) is 11.7 Å². The fourth-order valence-corrected chi connectivity index (χ4v) is 1.31. The summed E-state index contributed by atoms with van der Waals surface area (Å²) in [6.45, 7) is 0. The smallest absolute Gasteiger partial charge is 0.106 e. The summed E-state index contributed by atoms with van der Waals surface area (Å²) >= 11 is 3.10. The van der Waals surface area contributed by atoms with E-state index in [4.69, 9.17) is 0 Å². The van der Waals surface area contributed by atoms with E-state index in [0.717, 1.165) is 5.56 Å². The predicted octanol–water partition coefficient (Wildman–Crippen LogP) is 1.48. The standard InChI is InChI=1S/C9H11BrO2/c10-6-8(11)9(12)7-4-2-1-3-5-7/h1-5,8-9,11-12H,6H2/t8-,9-/m0/s1. The zero-order valence-electron chi connectivity index (χ0n) is 6.52. The number of hydrogen-bond acceptors (Lipinski definition) is 2. The van der Waals surface area contributed by atoms with Gasteiger partial charge >= 0.3 is 0 Å². The molecule has 0 saturated heterocycles. The Kier molecular flexibility index (Phi) is 3.72. The van der Waals surface area contributed by atoms with Crippen molar-refractivity contribution >= 4 is 15.9 Å². The number of halogens is 1. The third-order valence-corrected chi connectivity index (χ3v) is 2.33. The van der Waals surface area contributed by atoms with Crippen molar-refractivity contribution in [3.8, 4) is 0 Å². The van der Waals surface area contributed by atoms with Crippen LogP contribution in [0, 0.1) is 0 Å². The van der Waals surface area contributed by atoms with Crippen molar-refractivity contribution in [3.63, 3.8) is 0 Å². The van der Waals surface area contributed by atoms with Gasteiger partial charge in [0.2, 0.25) is 0 Å². The lowest BCUT2D eigenvalue weighted by atomic mass is 10.1. The Hall–Kier alpha value is -0.380. The summed E-state index contributed by atoms with van der Waals surface area (Å²) in [5.74, 6) is 0. The van der Waals surface area contributed by atoms with Gasteiger partial charge in [-0.3, -0.25) is 0 Å². The molecule has 1 rings (SSSR count). The van der Waals surface area contributed by atoms with Gasteiger partial charge in [-0.05, 0) is 5.56 Å². The largest absolute Gasteiger partial charge is 0.389 e. The Morgan fingerprint density at radius 1 is 1.17 bits per heavy atom. The average molecular weight is 231 g/mol. The highest BCUT2D eigenvalue weighted by Gasteiger charge is 2.15. The lowest BCUT2D eigenvalue weighted by molar-refractivity contribution is 0.0343. The van der Waals surface area contributed by atoms with Gasteiger partial charge in [0.15, 0.2) is 0 Å². The minimum Gasteiger partial charge on any atom is -0.389 e. The molecule has 0 aliphatic rings. The summed E-state index contributed by atoms with van der Waals surface area (Å²) in [6.07, 6.45) is -1.54. The van der Waals surface area contributed by atoms with Gasteiger partial charge in [0.1, 0.15) is 6.10 Å². The molecule has 0 aromatic heterocycles. The average Bonchev–Trinajstić information content (AvgIpc) is 2.17. The molecule has 0 unspecified atom stereocenters. The van der Waals surface area contributed by atoms with E-state index in [-0.39, 0.29) is 0 Å². The molecule has 66 valence electrons. The van der Waals surface area contributed by atoms with Crippen molar-refractivity contribution in [3.05, 3.63) is 35.9 Å². The third-order valence-electron chi connectivity index (χ3n) is 1.66. The number of rotatable bonds is 3. The number of aliphatic hydroxyl groups is 2. The monoisotopic (exact) mass is 230 g/mol. The molecule has 2 atom stereocenters. The first kappa shape index (κ1) is 9.71. The van der Waals surface area contributed by atoms with Gasteiger partial charge in [0, 0.05) is 5.33 Å². The summed E-state index contributed by atoms with van der Waals surface area (Å²) in [4.78, 5) is 0. The van der Waals surface area contributed by atoms with Crippen LogP contribution < -0.4 is 0 Å². The van der Waals surface area contributed by atoms with Crippen LogP contribution in [0.25, 0.3) is 0 Å². The topological polar surface area (TPSA) is 40.5 Å². The minimum atomic E-state index is -0.800. The molecule has 0 saturated carbocycles. The Morgan fingerprint density at radius 2 is 1.75 bits per heavy atom. The first-order valence-electron chi connectivity index (χ1n) is 3.72. The van der Waals surface area contributed by atoms with Gasteiger partial charge in [-0.1, -0.05) is 46.3 Å². The van der Waals surface area contributed by atoms with E-state index in [2.05, 4.69) is 15.9 Å². The molecule has 0 spiro atoms. The molecule has 0 fully saturated rings. The summed E-state index contributed by atoms with van der Waals surface area (Å²) < 4.78 is 0. The Balaban J connectivity index is 2.71. The van der Waals surface area contributed by atoms with E-state index in [1.807, 2.05) is 18.2 Å². The van der Waals surface area contributed by atoms with Crippen LogP contribution in [0.5, 0.6) is 0 Å². The van der Waals surface area contributed by atoms with E-state index >= 15 is 0 Å². The maximum Gasteiger partial charge on any atom is 0.106 e. The van der Waals surface area contributed by atoms with Crippen molar-refractivity contribution in [2.45, 2.75) is 12.2 Å². The first-order valence-corrected chi connectivity index (χ1v) is 4.85.